The highest BCUT2D eigenvalue weighted by Crippen LogP contribution is 2.30. The van der Waals surface area contributed by atoms with Crippen molar-refractivity contribution in [3.63, 3.8) is 0 Å². The summed E-state index contributed by atoms with van der Waals surface area (Å²) in [6, 6.07) is 21.1. The molecule has 0 aliphatic carbocycles. The van der Waals surface area contributed by atoms with Crippen molar-refractivity contribution in [3.05, 3.63) is 83.4 Å². The lowest BCUT2D eigenvalue weighted by Gasteiger charge is -2.11. The Morgan fingerprint density at radius 2 is 1.66 bits per heavy atom. The minimum Gasteiger partial charge on any atom is -0.493 e. The Morgan fingerprint density at radius 1 is 0.938 bits per heavy atom. The quantitative estimate of drug-likeness (QED) is 0.529. The van der Waals surface area contributed by atoms with Crippen molar-refractivity contribution < 1.29 is 14.3 Å². The van der Waals surface area contributed by atoms with E-state index in [1.165, 1.54) is 11.1 Å². The molecule has 1 aliphatic heterocycles. The summed E-state index contributed by atoms with van der Waals surface area (Å²) < 4.78 is 5.57. The van der Waals surface area contributed by atoms with Gasteiger partial charge in [0.15, 0.2) is 0 Å². The molecule has 0 fully saturated rings. The molecule has 0 atom stereocenters. The Kier molecular flexibility index (Phi) is 6.40. The first kappa shape index (κ1) is 21.4. The van der Waals surface area contributed by atoms with Crippen molar-refractivity contribution in [1.29, 1.82) is 0 Å². The monoisotopic (exact) mass is 429 g/mol. The van der Waals surface area contributed by atoms with E-state index in [1.54, 1.807) is 24.3 Å². The summed E-state index contributed by atoms with van der Waals surface area (Å²) in [6.45, 7) is 4.98. The van der Waals surface area contributed by atoms with Gasteiger partial charge in [0.1, 0.15) is 5.75 Å². The van der Waals surface area contributed by atoms with Crippen LogP contribution in [0.15, 0.2) is 66.7 Å². The second-order valence-electron chi connectivity index (χ2n) is 8.13. The molecule has 1 heterocycles. The molecule has 6 heteroatoms. The second-order valence-corrected chi connectivity index (χ2v) is 8.13. The average Bonchev–Trinajstić information content (AvgIpc) is 3.26. The Morgan fingerprint density at radius 3 is 2.38 bits per heavy atom. The molecule has 32 heavy (non-hydrogen) atoms. The third-order valence-electron chi connectivity index (χ3n) is 5.25. The lowest BCUT2D eigenvalue weighted by molar-refractivity contribution is 0.0951. The van der Waals surface area contributed by atoms with Gasteiger partial charge in [0.2, 0.25) is 0 Å². The summed E-state index contributed by atoms with van der Waals surface area (Å²) in [6.07, 6.45) is 0.954. The molecule has 0 saturated heterocycles. The molecular formula is C26H27N3O3. The van der Waals surface area contributed by atoms with Gasteiger partial charge in [0.05, 0.1) is 6.61 Å². The largest absolute Gasteiger partial charge is 0.493 e. The van der Waals surface area contributed by atoms with E-state index < -0.39 is 0 Å². The van der Waals surface area contributed by atoms with Gasteiger partial charge in [-0.3, -0.25) is 4.79 Å². The fourth-order valence-electron chi connectivity index (χ4n) is 3.60. The second kappa shape index (κ2) is 9.56. The van der Waals surface area contributed by atoms with Crippen LogP contribution < -0.4 is 20.7 Å². The number of hydrogen-bond donors (Lipinski definition) is 3. The van der Waals surface area contributed by atoms with Crippen molar-refractivity contribution in [2.24, 2.45) is 0 Å². The van der Waals surface area contributed by atoms with Gasteiger partial charge in [0.25, 0.3) is 5.91 Å². The van der Waals surface area contributed by atoms with E-state index in [4.69, 9.17) is 4.74 Å². The zero-order chi connectivity index (χ0) is 22.5. The smallest absolute Gasteiger partial charge is 0.319 e. The first-order valence-electron chi connectivity index (χ1n) is 10.8. The van der Waals surface area contributed by atoms with Crippen LogP contribution in [0.1, 0.15) is 35.3 Å². The molecule has 6 nitrogen and oxygen atoms in total. The number of ether oxygens (including phenoxy) is 1. The van der Waals surface area contributed by atoms with Crippen molar-refractivity contribution in [2.75, 3.05) is 11.9 Å². The molecule has 3 N–H and O–H groups in total. The van der Waals surface area contributed by atoms with Gasteiger partial charge in [-0.1, -0.05) is 30.3 Å². The van der Waals surface area contributed by atoms with Gasteiger partial charge in [0, 0.05) is 30.3 Å². The lowest BCUT2D eigenvalue weighted by atomic mass is 10.0. The molecule has 3 aromatic carbocycles. The standard InChI is InChI=1S/C26H27N3O3/c1-17(2)28-26(31)29-23-10-7-20(8-11-23)25(30)27-16-18-3-5-19(6-4-18)21-9-12-24-22(15-21)13-14-32-24/h3-12,15,17H,13-14,16H2,1-2H3,(H,27,30)(H2,28,29,31). The average molecular weight is 430 g/mol. The first-order chi connectivity index (χ1) is 15.5. The fourth-order valence-corrected chi connectivity index (χ4v) is 3.60. The highest BCUT2D eigenvalue weighted by molar-refractivity contribution is 5.95. The number of benzene rings is 3. The predicted molar refractivity (Wildman–Crippen MR) is 126 cm³/mol. The summed E-state index contributed by atoms with van der Waals surface area (Å²) in [5.74, 6) is 0.821. The highest BCUT2D eigenvalue weighted by atomic mass is 16.5. The van der Waals surface area contributed by atoms with E-state index >= 15 is 0 Å². The Balaban J connectivity index is 1.31. The van der Waals surface area contributed by atoms with Gasteiger partial charge in [-0.15, -0.1) is 0 Å². The number of hydrogen-bond acceptors (Lipinski definition) is 3. The zero-order valence-electron chi connectivity index (χ0n) is 18.3. The van der Waals surface area contributed by atoms with Crippen molar-refractivity contribution >= 4 is 17.6 Å². The number of carbonyl (C=O) groups excluding carboxylic acids is 2. The Bertz CT molecular complexity index is 1110. The van der Waals surface area contributed by atoms with E-state index in [9.17, 15) is 9.59 Å². The minimum atomic E-state index is -0.270. The number of amides is 3. The van der Waals surface area contributed by atoms with Gasteiger partial charge >= 0.3 is 6.03 Å². The predicted octanol–water partition coefficient (Wildman–Crippen LogP) is 4.75. The maximum absolute atomic E-state index is 12.5. The summed E-state index contributed by atoms with van der Waals surface area (Å²) >= 11 is 0. The molecule has 0 aromatic heterocycles. The van der Waals surface area contributed by atoms with Crippen LogP contribution in [-0.4, -0.2) is 24.6 Å². The molecule has 3 amide bonds. The van der Waals surface area contributed by atoms with E-state index in [0.29, 0.717) is 17.8 Å². The number of urea groups is 1. The molecule has 4 rings (SSSR count). The Labute approximate surface area is 188 Å². The maximum Gasteiger partial charge on any atom is 0.319 e. The van der Waals surface area contributed by atoms with E-state index in [0.717, 1.165) is 29.9 Å². The topological polar surface area (TPSA) is 79.5 Å². The number of anilines is 1. The number of carbonyl (C=O) groups is 2. The van der Waals surface area contributed by atoms with Gasteiger partial charge in [-0.2, -0.15) is 0 Å². The van der Waals surface area contributed by atoms with Crippen molar-refractivity contribution in [1.82, 2.24) is 10.6 Å². The summed E-state index contributed by atoms with van der Waals surface area (Å²) in [4.78, 5) is 24.2. The van der Waals surface area contributed by atoms with Crippen LogP contribution in [0, 0.1) is 0 Å². The number of rotatable bonds is 6. The van der Waals surface area contributed by atoms with Crippen LogP contribution in [0.3, 0.4) is 0 Å². The first-order valence-corrected chi connectivity index (χ1v) is 10.8. The molecule has 164 valence electrons. The highest BCUT2D eigenvalue weighted by Gasteiger charge is 2.13. The minimum absolute atomic E-state index is 0.0529. The molecule has 3 aromatic rings. The molecule has 0 saturated carbocycles. The van der Waals surface area contributed by atoms with Crippen molar-refractivity contribution in [2.45, 2.75) is 32.9 Å². The fraction of sp³-hybridized carbons (Fsp3) is 0.231. The van der Waals surface area contributed by atoms with Crippen LogP contribution in [0.2, 0.25) is 0 Å². The normalized spacial score (nSPS) is 12.1. The van der Waals surface area contributed by atoms with Crippen LogP contribution in [0.25, 0.3) is 11.1 Å². The molecule has 0 unspecified atom stereocenters. The van der Waals surface area contributed by atoms with E-state index in [-0.39, 0.29) is 18.0 Å². The SMILES string of the molecule is CC(C)NC(=O)Nc1ccc(C(=O)NCc2ccc(-c3ccc4c(c3)CCO4)cc2)cc1. The molecule has 0 bridgehead atoms. The summed E-state index contributed by atoms with van der Waals surface area (Å²) in [5, 5.41) is 8.44. The molecule has 1 aliphatic rings. The van der Waals surface area contributed by atoms with Gasteiger partial charge in [-0.05, 0) is 72.5 Å². The number of nitrogens with one attached hydrogen (secondary N) is 3. The Hall–Kier alpha value is -3.80. The zero-order valence-corrected chi connectivity index (χ0v) is 18.3. The van der Waals surface area contributed by atoms with Crippen LogP contribution in [0.4, 0.5) is 10.5 Å². The summed E-state index contributed by atoms with van der Waals surface area (Å²) in [7, 11) is 0. The van der Waals surface area contributed by atoms with Crippen LogP contribution in [-0.2, 0) is 13.0 Å². The molecule has 0 radical (unpaired) electrons. The molecule has 0 spiro atoms. The maximum atomic E-state index is 12.5. The van der Waals surface area contributed by atoms with E-state index in [2.05, 4.69) is 40.2 Å². The summed E-state index contributed by atoms with van der Waals surface area (Å²) in [5.41, 5.74) is 5.75. The number of fused-ring (bicyclic) bond motifs is 1. The van der Waals surface area contributed by atoms with Crippen molar-refractivity contribution in [3.8, 4) is 16.9 Å². The third kappa shape index (κ3) is 5.27. The van der Waals surface area contributed by atoms with Gasteiger partial charge in [-0.25, -0.2) is 4.79 Å². The van der Waals surface area contributed by atoms with Crippen LogP contribution >= 0.6 is 0 Å². The molecular weight excluding hydrogens is 402 g/mol. The van der Waals surface area contributed by atoms with Crippen LogP contribution in [0.5, 0.6) is 5.75 Å². The van der Waals surface area contributed by atoms with E-state index in [1.807, 2.05) is 32.0 Å². The van der Waals surface area contributed by atoms with Gasteiger partial charge < -0.3 is 20.7 Å². The lowest BCUT2D eigenvalue weighted by Crippen LogP contribution is -2.34. The third-order valence-corrected chi connectivity index (χ3v) is 5.25.